The largest absolute Gasteiger partial charge is 0.352 e. The number of hydrogen-bond donors (Lipinski definition) is 2. The Balaban J connectivity index is 1.21. The van der Waals surface area contributed by atoms with Crippen LogP contribution in [0, 0.1) is 0 Å². The van der Waals surface area contributed by atoms with Crippen molar-refractivity contribution in [2.75, 3.05) is 25.0 Å². The monoisotopic (exact) mass is 454 g/mol. The zero-order chi connectivity index (χ0) is 22.3. The Hall–Kier alpha value is -2.61. The molecule has 0 spiro atoms. The van der Waals surface area contributed by atoms with Crippen LogP contribution < -0.4 is 10.6 Å². The molecule has 2 heterocycles. The lowest BCUT2D eigenvalue weighted by molar-refractivity contribution is -0.121. The number of nitrogens with one attached hydrogen (secondary N) is 2. The van der Waals surface area contributed by atoms with Crippen molar-refractivity contribution in [1.82, 2.24) is 10.2 Å². The number of carbonyl (C=O) groups excluding carboxylic acids is 3. The van der Waals surface area contributed by atoms with E-state index in [0.29, 0.717) is 17.8 Å². The average Bonchev–Trinajstić information content (AvgIpc) is 3.45. The van der Waals surface area contributed by atoms with Gasteiger partial charge in [-0.1, -0.05) is 23.4 Å². The van der Waals surface area contributed by atoms with E-state index in [2.05, 4.69) is 26.6 Å². The Labute approximate surface area is 193 Å². The molecule has 32 heavy (non-hydrogen) atoms. The van der Waals surface area contributed by atoms with Crippen LogP contribution in [0.15, 0.2) is 40.9 Å². The number of amidine groups is 1. The maximum absolute atomic E-state index is 12.4. The van der Waals surface area contributed by atoms with Gasteiger partial charge in [0.05, 0.1) is 0 Å². The van der Waals surface area contributed by atoms with Crippen molar-refractivity contribution in [3.8, 4) is 0 Å². The summed E-state index contributed by atoms with van der Waals surface area (Å²) in [5.41, 5.74) is 2.60. The number of likely N-dealkylation sites (tertiary alicyclic amines) is 1. The second-order valence-electron chi connectivity index (χ2n) is 8.48. The standard InChI is InChI=1S/C24H30N4O3S/c29-21(16-20-23(31)27-24(32-20)28-14-4-5-15-28)26-19-10-8-18(9-11-19)22(30)25-13-12-17-6-2-1-3-7-17/h6,8-11,20H,1-5,7,12-16H2,(H,25,30)(H,26,29). The highest BCUT2D eigenvalue weighted by atomic mass is 32.2. The fourth-order valence-corrected chi connectivity index (χ4v) is 5.33. The summed E-state index contributed by atoms with van der Waals surface area (Å²) in [7, 11) is 0. The van der Waals surface area contributed by atoms with E-state index in [1.54, 1.807) is 24.3 Å². The third-order valence-electron chi connectivity index (χ3n) is 6.02. The molecule has 2 aliphatic heterocycles. The molecule has 170 valence electrons. The Kier molecular flexibility index (Phi) is 7.63. The summed E-state index contributed by atoms with van der Waals surface area (Å²) in [4.78, 5) is 43.2. The molecule has 4 rings (SSSR count). The summed E-state index contributed by atoms with van der Waals surface area (Å²) in [6.45, 7) is 2.49. The molecule has 0 bridgehead atoms. The van der Waals surface area contributed by atoms with Crippen LogP contribution in [0.2, 0.25) is 0 Å². The second kappa shape index (κ2) is 10.8. The van der Waals surface area contributed by atoms with Crippen LogP contribution in [0.25, 0.3) is 0 Å². The molecular weight excluding hydrogens is 424 g/mol. The highest BCUT2D eigenvalue weighted by Gasteiger charge is 2.33. The average molecular weight is 455 g/mol. The van der Waals surface area contributed by atoms with Crippen molar-refractivity contribution in [3.63, 3.8) is 0 Å². The third-order valence-corrected chi connectivity index (χ3v) is 7.24. The smallest absolute Gasteiger partial charge is 0.262 e. The topological polar surface area (TPSA) is 90.9 Å². The molecule has 1 unspecified atom stereocenters. The molecule has 1 fully saturated rings. The van der Waals surface area contributed by atoms with E-state index >= 15 is 0 Å². The number of allylic oxidation sites excluding steroid dienone is 1. The van der Waals surface area contributed by atoms with Crippen LogP contribution in [0.1, 0.15) is 61.7 Å². The molecule has 1 aromatic carbocycles. The van der Waals surface area contributed by atoms with Gasteiger partial charge in [-0.2, -0.15) is 4.99 Å². The SMILES string of the molecule is O=C(CC1SC(N2CCCC2)=NC1=O)Nc1ccc(C(=O)NCCC2=CCCCC2)cc1. The molecule has 3 aliphatic rings. The Morgan fingerprint density at radius 1 is 1.09 bits per heavy atom. The van der Waals surface area contributed by atoms with Crippen molar-refractivity contribution in [1.29, 1.82) is 0 Å². The number of anilines is 1. The molecule has 0 radical (unpaired) electrons. The number of rotatable bonds is 7. The first-order chi connectivity index (χ1) is 15.6. The van der Waals surface area contributed by atoms with Crippen LogP contribution in [0.5, 0.6) is 0 Å². The van der Waals surface area contributed by atoms with E-state index in [4.69, 9.17) is 0 Å². The summed E-state index contributed by atoms with van der Waals surface area (Å²) in [5.74, 6) is -0.575. The van der Waals surface area contributed by atoms with E-state index in [9.17, 15) is 14.4 Å². The molecule has 7 nitrogen and oxygen atoms in total. The summed E-state index contributed by atoms with van der Waals surface area (Å²) >= 11 is 1.39. The van der Waals surface area contributed by atoms with Crippen molar-refractivity contribution in [2.24, 2.45) is 4.99 Å². The highest BCUT2D eigenvalue weighted by Crippen LogP contribution is 2.29. The maximum Gasteiger partial charge on any atom is 0.262 e. The minimum Gasteiger partial charge on any atom is -0.352 e. The van der Waals surface area contributed by atoms with Crippen LogP contribution >= 0.6 is 11.8 Å². The maximum atomic E-state index is 12.4. The fraction of sp³-hybridized carbons (Fsp3) is 0.500. The highest BCUT2D eigenvalue weighted by molar-refractivity contribution is 8.15. The van der Waals surface area contributed by atoms with Gasteiger partial charge in [0, 0.05) is 37.3 Å². The fourth-order valence-electron chi connectivity index (χ4n) is 4.21. The van der Waals surface area contributed by atoms with Crippen LogP contribution in [0.4, 0.5) is 5.69 Å². The number of aliphatic imine (C=N–C) groups is 1. The first-order valence-electron chi connectivity index (χ1n) is 11.5. The van der Waals surface area contributed by atoms with Gasteiger partial charge in [0.25, 0.3) is 11.8 Å². The molecule has 1 saturated heterocycles. The Morgan fingerprint density at radius 3 is 2.59 bits per heavy atom. The first kappa shape index (κ1) is 22.6. The van der Waals surface area contributed by atoms with Crippen LogP contribution in [-0.4, -0.2) is 52.7 Å². The predicted octanol–water partition coefficient (Wildman–Crippen LogP) is 3.73. The lowest BCUT2D eigenvalue weighted by Crippen LogP contribution is -2.25. The molecule has 3 amide bonds. The van der Waals surface area contributed by atoms with E-state index in [1.807, 2.05) is 0 Å². The molecule has 0 saturated carbocycles. The third kappa shape index (κ3) is 6.00. The van der Waals surface area contributed by atoms with Gasteiger partial charge < -0.3 is 15.5 Å². The number of hydrogen-bond acceptors (Lipinski definition) is 5. The number of benzene rings is 1. The predicted molar refractivity (Wildman–Crippen MR) is 128 cm³/mol. The van der Waals surface area contributed by atoms with Gasteiger partial charge in [0.2, 0.25) is 5.91 Å². The zero-order valence-corrected chi connectivity index (χ0v) is 19.1. The normalized spacial score (nSPS) is 20.7. The number of amides is 3. The van der Waals surface area contributed by atoms with E-state index in [0.717, 1.165) is 50.4 Å². The molecule has 8 heteroatoms. The first-order valence-corrected chi connectivity index (χ1v) is 12.4. The minimum atomic E-state index is -0.463. The molecule has 0 aromatic heterocycles. The number of nitrogens with zero attached hydrogens (tertiary/aromatic N) is 2. The van der Waals surface area contributed by atoms with Crippen molar-refractivity contribution in [3.05, 3.63) is 41.5 Å². The molecule has 1 aliphatic carbocycles. The van der Waals surface area contributed by atoms with Gasteiger partial charge in [-0.3, -0.25) is 14.4 Å². The molecule has 2 N–H and O–H groups in total. The summed E-state index contributed by atoms with van der Waals surface area (Å²) in [6.07, 6.45) is 10.3. The van der Waals surface area contributed by atoms with Crippen molar-refractivity contribution in [2.45, 2.75) is 56.6 Å². The van der Waals surface area contributed by atoms with E-state index in [-0.39, 0.29) is 24.1 Å². The van der Waals surface area contributed by atoms with Gasteiger partial charge >= 0.3 is 0 Å². The van der Waals surface area contributed by atoms with Gasteiger partial charge in [-0.05, 0) is 69.2 Å². The second-order valence-corrected chi connectivity index (χ2v) is 9.65. The van der Waals surface area contributed by atoms with Crippen LogP contribution in [0.3, 0.4) is 0 Å². The van der Waals surface area contributed by atoms with Gasteiger partial charge in [-0.25, -0.2) is 0 Å². The summed E-state index contributed by atoms with van der Waals surface area (Å²) < 4.78 is 0. The lowest BCUT2D eigenvalue weighted by atomic mass is 9.97. The Bertz CT molecular complexity index is 920. The number of carbonyl (C=O) groups is 3. The Morgan fingerprint density at radius 2 is 1.88 bits per heavy atom. The van der Waals surface area contributed by atoms with Crippen molar-refractivity contribution < 1.29 is 14.4 Å². The van der Waals surface area contributed by atoms with Crippen LogP contribution in [-0.2, 0) is 9.59 Å². The van der Waals surface area contributed by atoms with Gasteiger partial charge in [0.1, 0.15) is 5.25 Å². The van der Waals surface area contributed by atoms with E-state index in [1.165, 1.54) is 30.2 Å². The van der Waals surface area contributed by atoms with Gasteiger partial charge in [-0.15, -0.1) is 0 Å². The molecule has 1 aromatic rings. The molecular formula is C24H30N4O3S. The summed E-state index contributed by atoms with van der Waals surface area (Å²) in [5, 5.41) is 6.07. The van der Waals surface area contributed by atoms with E-state index < -0.39 is 5.25 Å². The van der Waals surface area contributed by atoms with Crippen molar-refractivity contribution >= 4 is 40.3 Å². The zero-order valence-electron chi connectivity index (χ0n) is 18.3. The lowest BCUT2D eigenvalue weighted by Gasteiger charge is -2.16. The quantitative estimate of drug-likeness (QED) is 0.613. The van der Waals surface area contributed by atoms with Gasteiger partial charge in [0.15, 0.2) is 5.17 Å². The number of thioether (sulfide) groups is 1. The molecule has 1 atom stereocenters. The minimum absolute atomic E-state index is 0.0857. The summed E-state index contributed by atoms with van der Waals surface area (Å²) in [6, 6.07) is 6.84.